The second-order valence-corrected chi connectivity index (χ2v) is 1.72. The van der Waals surface area contributed by atoms with Crippen molar-refractivity contribution in [2.45, 2.75) is 13.8 Å². The van der Waals surface area contributed by atoms with Gasteiger partial charge >= 0.3 is 0 Å². The molecule has 0 amide bonds. The van der Waals surface area contributed by atoms with Crippen molar-refractivity contribution >= 4 is 6.29 Å². The molecule has 2 heteroatoms. The van der Waals surface area contributed by atoms with Crippen LogP contribution in [0.5, 0.6) is 0 Å². The van der Waals surface area contributed by atoms with E-state index < -0.39 is 0 Å². The van der Waals surface area contributed by atoms with Crippen molar-refractivity contribution in [2.24, 2.45) is 0 Å². The molecule has 0 aromatic rings. The van der Waals surface area contributed by atoms with E-state index in [0.717, 1.165) is 6.29 Å². The van der Waals surface area contributed by atoms with Crippen LogP contribution in [0.3, 0.4) is 0 Å². The summed E-state index contributed by atoms with van der Waals surface area (Å²) in [6, 6.07) is 0. The van der Waals surface area contributed by atoms with Gasteiger partial charge in [-0.15, -0.1) is 0 Å². The van der Waals surface area contributed by atoms with Crippen molar-refractivity contribution in [3.63, 3.8) is 0 Å². The Kier molecular flexibility index (Phi) is 30.7. The third-order valence-electron chi connectivity index (χ3n) is 0.682. The molecular weight excluding hydrogens is 162 g/mol. The number of allylic oxidation sites excluding steroid dienone is 4. The van der Waals surface area contributed by atoms with Crippen molar-refractivity contribution in [1.29, 1.82) is 0 Å². The fourth-order valence-electron chi connectivity index (χ4n) is 0.292. The van der Waals surface area contributed by atoms with Crippen LogP contribution in [0.15, 0.2) is 37.0 Å². The van der Waals surface area contributed by atoms with Crippen LogP contribution in [0.25, 0.3) is 0 Å². The van der Waals surface area contributed by atoms with Crippen LogP contribution in [0.4, 0.5) is 0 Å². The molecule has 0 radical (unpaired) electrons. The van der Waals surface area contributed by atoms with Gasteiger partial charge in [-0.2, -0.15) is 0 Å². The van der Waals surface area contributed by atoms with E-state index in [4.69, 9.17) is 0 Å². The summed E-state index contributed by atoms with van der Waals surface area (Å²) in [5.74, 6) is 0. The van der Waals surface area contributed by atoms with Crippen molar-refractivity contribution in [3.8, 4) is 0 Å². The van der Waals surface area contributed by atoms with Gasteiger partial charge in [-0.1, -0.05) is 45.2 Å². The van der Waals surface area contributed by atoms with Gasteiger partial charge in [-0.05, 0) is 14.1 Å². The van der Waals surface area contributed by atoms with E-state index in [1.54, 1.807) is 12.2 Å². The molecule has 0 aromatic carbocycles. The highest BCUT2D eigenvalue weighted by Gasteiger charge is 1.79. The molecule has 0 aliphatic heterocycles. The van der Waals surface area contributed by atoms with Gasteiger partial charge in [0.15, 0.2) is 0 Å². The Morgan fingerprint density at radius 3 is 1.69 bits per heavy atom. The number of hydrogen-bond acceptors (Lipinski definition) is 2. The summed E-state index contributed by atoms with van der Waals surface area (Å²) in [6.07, 6.45) is 5.36. The molecule has 13 heavy (non-hydrogen) atoms. The highest BCUT2D eigenvalue weighted by atomic mass is 16.1. The van der Waals surface area contributed by atoms with Crippen LogP contribution in [0.1, 0.15) is 13.8 Å². The molecule has 1 N–H and O–H groups in total. The zero-order valence-electron chi connectivity index (χ0n) is 9.13. The molecule has 0 aliphatic rings. The largest absolute Gasteiger partial charge is 0.323 e. The summed E-state index contributed by atoms with van der Waals surface area (Å²) in [7, 11) is 3.75. The Hall–Kier alpha value is -1.15. The molecular formula is C11H21NO. The Morgan fingerprint density at radius 1 is 1.23 bits per heavy atom. The van der Waals surface area contributed by atoms with Gasteiger partial charge in [0, 0.05) is 5.57 Å². The Labute approximate surface area is 82.0 Å². The van der Waals surface area contributed by atoms with Gasteiger partial charge in [-0.25, -0.2) is 0 Å². The highest BCUT2D eigenvalue weighted by Crippen LogP contribution is 1.88. The second-order valence-electron chi connectivity index (χ2n) is 1.72. The molecule has 0 spiro atoms. The molecule has 0 bridgehead atoms. The first-order valence-electron chi connectivity index (χ1n) is 4.25. The fraction of sp³-hybridized carbons (Fsp3) is 0.364. The molecule has 76 valence electrons. The maximum atomic E-state index is 9.94. The Morgan fingerprint density at radius 2 is 1.62 bits per heavy atom. The topological polar surface area (TPSA) is 29.1 Å². The first-order valence-corrected chi connectivity index (χ1v) is 4.25. The summed E-state index contributed by atoms with van der Waals surface area (Å²) < 4.78 is 0. The van der Waals surface area contributed by atoms with Gasteiger partial charge in [0.25, 0.3) is 0 Å². The van der Waals surface area contributed by atoms with E-state index in [1.807, 2.05) is 27.9 Å². The van der Waals surface area contributed by atoms with Gasteiger partial charge in [0.1, 0.15) is 6.29 Å². The maximum Gasteiger partial charge on any atom is 0.150 e. The molecule has 0 saturated heterocycles. The molecule has 0 unspecified atom stereocenters. The van der Waals surface area contributed by atoms with Crippen molar-refractivity contribution in [2.75, 3.05) is 14.1 Å². The minimum Gasteiger partial charge on any atom is -0.323 e. The summed E-state index contributed by atoms with van der Waals surface area (Å²) in [5.41, 5.74) is 0.556. The lowest BCUT2D eigenvalue weighted by Gasteiger charge is -1.79. The molecule has 2 nitrogen and oxygen atoms in total. The number of carbonyl (C=O) groups is 1. The van der Waals surface area contributed by atoms with Crippen LogP contribution >= 0.6 is 0 Å². The van der Waals surface area contributed by atoms with Gasteiger partial charge in [0.05, 0.1) is 0 Å². The van der Waals surface area contributed by atoms with Gasteiger partial charge in [0.2, 0.25) is 0 Å². The predicted molar refractivity (Wildman–Crippen MR) is 60.9 cm³/mol. The van der Waals surface area contributed by atoms with Crippen LogP contribution < -0.4 is 5.32 Å². The number of nitrogens with one attached hydrogen (secondary N) is 1. The highest BCUT2D eigenvalue weighted by molar-refractivity contribution is 5.77. The molecule has 0 heterocycles. The number of rotatable bonds is 3. The fourth-order valence-corrected chi connectivity index (χ4v) is 0.292. The summed E-state index contributed by atoms with van der Waals surface area (Å²) in [6.45, 7) is 10.8. The van der Waals surface area contributed by atoms with E-state index >= 15 is 0 Å². The third-order valence-corrected chi connectivity index (χ3v) is 0.682. The lowest BCUT2D eigenvalue weighted by Crippen LogP contribution is -1.89. The quantitative estimate of drug-likeness (QED) is 0.413. The van der Waals surface area contributed by atoms with Crippen LogP contribution in [0, 0.1) is 0 Å². The minimum atomic E-state index is 0.556. The van der Waals surface area contributed by atoms with E-state index in [9.17, 15) is 4.79 Å². The maximum absolute atomic E-state index is 9.94. The van der Waals surface area contributed by atoms with Crippen molar-refractivity contribution < 1.29 is 4.79 Å². The van der Waals surface area contributed by atoms with E-state index in [2.05, 4.69) is 18.5 Å². The normalized spacial score (nSPS) is 8.15. The van der Waals surface area contributed by atoms with E-state index in [0.29, 0.717) is 5.57 Å². The zero-order valence-corrected chi connectivity index (χ0v) is 9.13. The lowest BCUT2D eigenvalue weighted by molar-refractivity contribution is -0.104. The standard InChI is InChI=1S/C7H8O.C2H7N.C2H6/c1-3-5-7(4-2)6-8;1-3-2;1-2/h3-6H,1-2H2;3H,1-2H3;1-2H3/b7-5+;;. The summed E-state index contributed by atoms with van der Waals surface area (Å²) in [4.78, 5) is 9.94. The van der Waals surface area contributed by atoms with Crippen LogP contribution in [-0.2, 0) is 4.79 Å². The minimum absolute atomic E-state index is 0.556. The number of aldehydes is 1. The SMILES string of the molecule is C=C/C=C(\C=C)C=O.CC.CNC. The summed E-state index contributed by atoms with van der Waals surface area (Å²) in [5, 5.41) is 2.75. The molecule has 0 fully saturated rings. The van der Waals surface area contributed by atoms with E-state index in [-0.39, 0.29) is 0 Å². The van der Waals surface area contributed by atoms with Crippen LogP contribution in [0.2, 0.25) is 0 Å². The number of hydrogen-bond donors (Lipinski definition) is 1. The second kappa shape index (κ2) is 22.4. The van der Waals surface area contributed by atoms with Gasteiger partial charge < -0.3 is 5.32 Å². The average Bonchev–Trinajstić information content (AvgIpc) is 2.18. The molecule has 0 atom stereocenters. The Balaban J connectivity index is -0.000000169. The monoisotopic (exact) mass is 183 g/mol. The first-order chi connectivity index (χ1) is 6.26. The molecule has 0 saturated carbocycles. The number of carbonyl (C=O) groups excluding carboxylic acids is 1. The van der Waals surface area contributed by atoms with E-state index in [1.165, 1.54) is 6.08 Å². The predicted octanol–water partition coefficient (Wildman–Crippen LogP) is 2.35. The van der Waals surface area contributed by atoms with Crippen LogP contribution in [-0.4, -0.2) is 20.4 Å². The molecule has 0 aromatic heterocycles. The third kappa shape index (κ3) is 24.8. The molecule has 0 aliphatic carbocycles. The average molecular weight is 183 g/mol. The molecule has 0 rings (SSSR count). The Bertz CT molecular complexity index is 138. The smallest absolute Gasteiger partial charge is 0.150 e. The van der Waals surface area contributed by atoms with Crippen molar-refractivity contribution in [3.05, 3.63) is 37.0 Å². The first kappa shape index (κ1) is 17.8. The summed E-state index contributed by atoms with van der Waals surface area (Å²) >= 11 is 0. The van der Waals surface area contributed by atoms with Gasteiger partial charge in [-0.3, -0.25) is 4.79 Å². The zero-order chi connectivity index (χ0) is 11.1. The van der Waals surface area contributed by atoms with Crippen molar-refractivity contribution in [1.82, 2.24) is 5.32 Å². The lowest BCUT2D eigenvalue weighted by atomic mass is 10.3.